The van der Waals surface area contributed by atoms with Gasteiger partial charge in [0.25, 0.3) is 0 Å². The fourth-order valence-electron chi connectivity index (χ4n) is 3.00. The Morgan fingerprint density at radius 2 is 1.96 bits per heavy atom. The molecule has 0 bridgehead atoms. The molecule has 0 saturated heterocycles. The van der Waals surface area contributed by atoms with Gasteiger partial charge in [0.15, 0.2) is 0 Å². The Hall–Kier alpha value is -2.61. The predicted molar refractivity (Wildman–Crippen MR) is 91.2 cm³/mol. The van der Waals surface area contributed by atoms with Gasteiger partial charge in [-0.15, -0.1) is 0 Å². The number of carbonyl (C=O) groups is 1. The molecule has 0 radical (unpaired) electrons. The fourth-order valence-corrected chi connectivity index (χ4v) is 3.00. The van der Waals surface area contributed by atoms with Gasteiger partial charge in [-0.3, -0.25) is 4.79 Å². The molecule has 1 N–H and O–H groups in total. The Morgan fingerprint density at radius 1 is 1.29 bits per heavy atom. The molecule has 0 unspecified atom stereocenters. The number of oxazole rings is 1. The van der Waals surface area contributed by atoms with Crippen molar-refractivity contribution in [3.8, 4) is 17.5 Å². The second-order valence-corrected chi connectivity index (χ2v) is 6.65. The first-order valence-corrected chi connectivity index (χ1v) is 8.33. The van der Waals surface area contributed by atoms with Crippen LogP contribution in [-0.4, -0.2) is 10.9 Å². The minimum absolute atomic E-state index is 0.200. The van der Waals surface area contributed by atoms with Crippen LogP contribution in [0.25, 0.3) is 11.5 Å². The van der Waals surface area contributed by atoms with E-state index >= 15 is 0 Å². The Bertz CT molecular complexity index is 763. The third-order valence-corrected chi connectivity index (χ3v) is 4.59. The minimum Gasteiger partial charge on any atom is -0.441 e. The standard InChI is InChI=1S/C19H21N3O2/c1-13(2)16-11-21-17(24-16)14-5-7-15(8-6-14)22-18(23)19(12-20)9-3-4-10-19/h5-8,11,13H,3-4,9-10H2,1-2H3,(H,22,23). The highest BCUT2D eigenvalue weighted by Crippen LogP contribution is 2.38. The summed E-state index contributed by atoms with van der Waals surface area (Å²) in [4.78, 5) is 16.7. The lowest BCUT2D eigenvalue weighted by Gasteiger charge is -2.19. The van der Waals surface area contributed by atoms with E-state index in [1.165, 1.54) is 0 Å². The summed E-state index contributed by atoms with van der Waals surface area (Å²) in [5.41, 5.74) is 0.671. The third-order valence-electron chi connectivity index (χ3n) is 4.59. The van der Waals surface area contributed by atoms with Gasteiger partial charge in [-0.2, -0.15) is 5.26 Å². The van der Waals surface area contributed by atoms with Crippen LogP contribution in [0.2, 0.25) is 0 Å². The van der Waals surface area contributed by atoms with E-state index in [1.807, 2.05) is 24.3 Å². The first-order chi connectivity index (χ1) is 11.5. The summed E-state index contributed by atoms with van der Waals surface area (Å²) in [6.07, 6.45) is 4.89. The van der Waals surface area contributed by atoms with Gasteiger partial charge in [-0.1, -0.05) is 26.7 Å². The summed E-state index contributed by atoms with van der Waals surface area (Å²) < 4.78 is 5.73. The second kappa shape index (κ2) is 6.48. The van der Waals surface area contributed by atoms with Crippen molar-refractivity contribution in [2.24, 2.45) is 5.41 Å². The molecule has 24 heavy (non-hydrogen) atoms. The lowest BCUT2D eigenvalue weighted by molar-refractivity contribution is -0.122. The topological polar surface area (TPSA) is 78.9 Å². The smallest absolute Gasteiger partial charge is 0.244 e. The van der Waals surface area contributed by atoms with Crippen molar-refractivity contribution in [2.75, 3.05) is 5.32 Å². The Balaban J connectivity index is 1.72. The summed E-state index contributed by atoms with van der Waals surface area (Å²) in [6, 6.07) is 9.56. The van der Waals surface area contributed by atoms with Crippen LogP contribution in [0.15, 0.2) is 34.9 Å². The van der Waals surface area contributed by atoms with Crippen molar-refractivity contribution in [3.05, 3.63) is 36.2 Å². The van der Waals surface area contributed by atoms with Crippen LogP contribution >= 0.6 is 0 Å². The van der Waals surface area contributed by atoms with Gasteiger partial charge in [0.1, 0.15) is 11.2 Å². The van der Waals surface area contributed by atoms with Gasteiger partial charge in [0, 0.05) is 17.2 Å². The average Bonchev–Trinajstić information content (AvgIpc) is 3.26. The normalized spacial score (nSPS) is 16.1. The van der Waals surface area contributed by atoms with E-state index in [9.17, 15) is 10.1 Å². The molecular formula is C19H21N3O2. The first kappa shape index (κ1) is 16.3. The van der Waals surface area contributed by atoms with E-state index in [4.69, 9.17) is 4.42 Å². The number of carbonyl (C=O) groups excluding carboxylic acids is 1. The number of anilines is 1. The number of benzene rings is 1. The van der Waals surface area contributed by atoms with E-state index in [0.29, 0.717) is 30.3 Å². The lowest BCUT2D eigenvalue weighted by atomic mass is 9.87. The van der Waals surface area contributed by atoms with Crippen LogP contribution < -0.4 is 5.32 Å². The number of nitriles is 1. The molecule has 1 aliphatic rings. The van der Waals surface area contributed by atoms with E-state index < -0.39 is 5.41 Å². The Morgan fingerprint density at radius 3 is 2.50 bits per heavy atom. The molecule has 1 heterocycles. The van der Waals surface area contributed by atoms with Gasteiger partial charge in [0.05, 0.1) is 12.3 Å². The molecule has 1 fully saturated rings. The van der Waals surface area contributed by atoms with E-state index in [2.05, 4.69) is 30.2 Å². The van der Waals surface area contributed by atoms with Crippen LogP contribution in [0, 0.1) is 16.7 Å². The molecule has 1 aromatic carbocycles. The third kappa shape index (κ3) is 3.05. The van der Waals surface area contributed by atoms with Crippen LogP contribution in [0.5, 0.6) is 0 Å². The summed E-state index contributed by atoms with van der Waals surface area (Å²) in [6.45, 7) is 4.11. The van der Waals surface area contributed by atoms with Gasteiger partial charge in [-0.25, -0.2) is 4.98 Å². The molecule has 1 saturated carbocycles. The summed E-state index contributed by atoms with van der Waals surface area (Å²) >= 11 is 0. The van der Waals surface area contributed by atoms with Crippen LogP contribution in [0.1, 0.15) is 51.2 Å². The van der Waals surface area contributed by atoms with Crippen LogP contribution in [0.3, 0.4) is 0 Å². The summed E-state index contributed by atoms with van der Waals surface area (Å²) in [5.74, 6) is 1.51. The highest BCUT2D eigenvalue weighted by Gasteiger charge is 2.41. The molecule has 5 heteroatoms. The average molecular weight is 323 g/mol. The van der Waals surface area contributed by atoms with E-state index in [1.54, 1.807) is 6.20 Å². The predicted octanol–water partition coefficient (Wildman–Crippen LogP) is 4.49. The number of rotatable bonds is 4. The van der Waals surface area contributed by atoms with Gasteiger partial charge in [0.2, 0.25) is 11.8 Å². The molecule has 1 aromatic heterocycles. The van der Waals surface area contributed by atoms with Gasteiger partial charge >= 0.3 is 0 Å². The van der Waals surface area contributed by atoms with Crippen LogP contribution in [0.4, 0.5) is 5.69 Å². The number of amides is 1. The monoisotopic (exact) mass is 323 g/mol. The molecule has 5 nitrogen and oxygen atoms in total. The van der Waals surface area contributed by atoms with E-state index in [0.717, 1.165) is 24.2 Å². The van der Waals surface area contributed by atoms with Gasteiger partial charge < -0.3 is 9.73 Å². The van der Waals surface area contributed by atoms with Crippen LogP contribution in [-0.2, 0) is 4.79 Å². The molecule has 1 amide bonds. The van der Waals surface area contributed by atoms with Crippen molar-refractivity contribution >= 4 is 11.6 Å². The molecule has 3 rings (SSSR count). The van der Waals surface area contributed by atoms with Crippen molar-refractivity contribution < 1.29 is 9.21 Å². The molecule has 0 spiro atoms. The zero-order valence-corrected chi connectivity index (χ0v) is 14.0. The molecule has 124 valence electrons. The highest BCUT2D eigenvalue weighted by atomic mass is 16.4. The Kier molecular flexibility index (Phi) is 4.39. The SMILES string of the molecule is CC(C)c1cnc(-c2ccc(NC(=O)C3(C#N)CCCC3)cc2)o1. The maximum absolute atomic E-state index is 12.4. The fraction of sp³-hybridized carbons (Fsp3) is 0.421. The molecular weight excluding hydrogens is 302 g/mol. The van der Waals surface area contributed by atoms with Crippen molar-refractivity contribution in [3.63, 3.8) is 0 Å². The minimum atomic E-state index is -0.868. The summed E-state index contributed by atoms with van der Waals surface area (Å²) in [7, 11) is 0. The van der Waals surface area contributed by atoms with E-state index in [-0.39, 0.29) is 5.91 Å². The number of aromatic nitrogens is 1. The number of nitrogens with one attached hydrogen (secondary N) is 1. The highest BCUT2D eigenvalue weighted by molar-refractivity contribution is 5.97. The van der Waals surface area contributed by atoms with Crippen molar-refractivity contribution in [2.45, 2.75) is 45.4 Å². The van der Waals surface area contributed by atoms with Crippen molar-refractivity contribution in [1.29, 1.82) is 5.26 Å². The molecule has 1 aliphatic carbocycles. The zero-order chi connectivity index (χ0) is 17.2. The maximum Gasteiger partial charge on any atom is 0.244 e. The van der Waals surface area contributed by atoms with Crippen molar-refractivity contribution in [1.82, 2.24) is 4.98 Å². The number of nitrogens with zero attached hydrogens (tertiary/aromatic N) is 2. The molecule has 0 atom stereocenters. The summed E-state index contributed by atoms with van der Waals surface area (Å²) in [5, 5.41) is 12.2. The molecule has 2 aromatic rings. The lowest BCUT2D eigenvalue weighted by Crippen LogP contribution is -2.32. The number of hydrogen-bond acceptors (Lipinski definition) is 4. The largest absolute Gasteiger partial charge is 0.441 e. The quantitative estimate of drug-likeness (QED) is 0.899. The second-order valence-electron chi connectivity index (χ2n) is 6.65. The molecule has 0 aliphatic heterocycles. The maximum atomic E-state index is 12.4. The first-order valence-electron chi connectivity index (χ1n) is 8.33. The van der Waals surface area contributed by atoms with Gasteiger partial charge in [-0.05, 0) is 37.1 Å². The Labute approximate surface area is 141 Å². The number of hydrogen-bond donors (Lipinski definition) is 1. The zero-order valence-electron chi connectivity index (χ0n) is 14.0.